The Morgan fingerprint density at radius 3 is 2.75 bits per heavy atom. The summed E-state index contributed by atoms with van der Waals surface area (Å²) in [5.41, 5.74) is 10.7. The molecule has 106 valence electrons. The summed E-state index contributed by atoms with van der Waals surface area (Å²) in [6, 6.07) is 7.85. The van der Waals surface area contributed by atoms with Crippen molar-refractivity contribution in [3.05, 3.63) is 52.8 Å². The Hall–Kier alpha value is -2.07. The lowest BCUT2D eigenvalue weighted by molar-refractivity contribution is 0.184. The van der Waals surface area contributed by atoms with E-state index in [1.165, 1.54) is 0 Å². The molecule has 0 aliphatic carbocycles. The van der Waals surface area contributed by atoms with Gasteiger partial charge in [-0.3, -0.25) is 4.98 Å². The first-order valence-corrected chi connectivity index (χ1v) is 6.53. The molecular formula is C16H20N2O2. The van der Waals surface area contributed by atoms with Crippen LogP contribution in [0.5, 0.6) is 5.75 Å². The smallest absolute Gasteiger partial charge is 0.131 e. The highest BCUT2D eigenvalue weighted by atomic mass is 16.5. The highest BCUT2D eigenvalue weighted by Crippen LogP contribution is 2.20. The van der Waals surface area contributed by atoms with Crippen molar-refractivity contribution in [3.8, 4) is 5.75 Å². The van der Waals surface area contributed by atoms with Crippen molar-refractivity contribution in [1.29, 1.82) is 0 Å². The minimum Gasteiger partial charge on any atom is -0.487 e. The molecule has 4 heteroatoms. The topological polar surface area (TPSA) is 57.4 Å². The number of anilines is 1. The lowest BCUT2D eigenvalue weighted by Gasteiger charge is -2.11. The molecule has 0 saturated heterocycles. The van der Waals surface area contributed by atoms with Crippen molar-refractivity contribution in [2.24, 2.45) is 0 Å². The molecule has 0 saturated carbocycles. The fourth-order valence-electron chi connectivity index (χ4n) is 1.98. The second kappa shape index (κ2) is 6.39. The molecule has 4 nitrogen and oxygen atoms in total. The van der Waals surface area contributed by atoms with Gasteiger partial charge in [0.2, 0.25) is 0 Å². The number of methoxy groups -OCH3 is 1. The van der Waals surface area contributed by atoms with Gasteiger partial charge in [0.25, 0.3) is 0 Å². The molecule has 0 bridgehead atoms. The third-order valence-electron chi connectivity index (χ3n) is 3.26. The van der Waals surface area contributed by atoms with Gasteiger partial charge < -0.3 is 15.2 Å². The van der Waals surface area contributed by atoms with Gasteiger partial charge in [-0.15, -0.1) is 0 Å². The molecular weight excluding hydrogens is 252 g/mol. The first kappa shape index (κ1) is 14.3. The van der Waals surface area contributed by atoms with Crippen LogP contribution in [0.15, 0.2) is 30.5 Å². The fraction of sp³-hybridized carbons (Fsp3) is 0.312. The molecule has 1 heterocycles. The Kier molecular flexibility index (Phi) is 4.58. The summed E-state index contributed by atoms with van der Waals surface area (Å²) in [6.07, 6.45) is 1.78. The maximum Gasteiger partial charge on any atom is 0.131 e. The molecule has 0 aliphatic heterocycles. The third kappa shape index (κ3) is 3.27. The van der Waals surface area contributed by atoms with Gasteiger partial charge in [-0.25, -0.2) is 0 Å². The van der Waals surface area contributed by atoms with E-state index in [0.29, 0.717) is 13.2 Å². The standard InChI is InChI=1S/C16H20N2O2/c1-11-8-18-15(12(2)16(11)17)10-20-14-6-4-5-13(7-14)9-19-3/h4-8H,9-10H2,1-3H3,(H2,17,18). The van der Waals surface area contributed by atoms with E-state index in [1.54, 1.807) is 13.3 Å². The largest absolute Gasteiger partial charge is 0.487 e. The zero-order valence-electron chi connectivity index (χ0n) is 12.1. The maximum absolute atomic E-state index is 6.00. The van der Waals surface area contributed by atoms with Crippen LogP contribution in [0.4, 0.5) is 5.69 Å². The minimum absolute atomic E-state index is 0.409. The summed E-state index contributed by atoms with van der Waals surface area (Å²) in [5.74, 6) is 0.805. The minimum atomic E-state index is 0.409. The van der Waals surface area contributed by atoms with Gasteiger partial charge in [-0.1, -0.05) is 12.1 Å². The van der Waals surface area contributed by atoms with Crippen LogP contribution in [0.2, 0.25) is 0 Å². The van der Waals surface area contributed by atoms with Crippen LogP contribution in [0, 0.1) is 13.8 Å². The molecule has 2 N–H and O–H groups in total. The number of rotatable bonds is 5. The first-order valence-electron chi connectivity index (χ1n) is 6.53. The molecule has 1 aromatic heterocycles. The van der Waals surface area contributed by atoms with Crippen LogP contribution in [-0.4, -0.2) is 12.1 Å². The average molecular weight is 272 g/mol. The second-order valence-corrected chi connectivity index (χ2v) is 4.80. The van der Waals surface area contributed by atoms with E-state index in [2.05, 4.69) is 4.98 Å². The number of nitrogens with zero attached hydrogens (tertiary/aromatic N) is 1. The number of benzene rings is 1. The molecule has 20 heavy (non-hydrogen) atoms. The number of nitrogens with two attached hydrogens (primary N) is 1. The summed E-state index contributed by atoms with van der Waals surface area (Å²) >= 11 is 0. The molecule has 2 aromatic rings. The normalized spacial score (nSPS) is 10.6. The number of ether oxygens (including phenoxy) is 2. The van der Waals surface area contributed by atoms with E-state index in [-0.39, 0.29) is 0 Å². The van der Waals surface area contributed by atoms with Crippen LogP contribution in [0.1, 0.15) is 22.4 Å². The van der Waals surface area contributed by atoms with Crippen LogP contribution >= 0.6 is 0 Å². The van der Waals surface area contributed by atoms with Gasteiger partial charge in [0.1, 0.15) is 12.4 Å². The van der Waals surface area contributed by atoms with Crippen molar-refractivity contribution in [3.63, 3.8) is 0 Å². The molecule has 0 atom stereocenters. The summed E-state index contributed by atoms with van der Waals surface area (Å²) in [5, 5.41) is 0. The van der Waals surface area contributed by atoms with Crippen molar-refractivity contribution in [2.75, 3.05) is 12.8 Å². The van der Waals surface area contributed by atoms with Gasteiger partial charge in [0.15, 0.2) is 0 Å². The van der Waals surface area contributed by atoms with Gasteiger partial charge in [-0.2, -0.15) is 0 Å². The lowest BCUT2D eigenvalue weighted by Crippen LogP contribution is -2.05. The van der Waals surface area contributed by atoms with E-state index in [1.807, 2.05) is 38.1 Å². The highest BCUT2D eigenvalue weighted by molar-refractivity contribution is 5.53. The average Bonchev–Trinajstić information content (AvgIpc) is 2.45. The van der Waals surface area contributed by atoms with Crippen molar-refractivity contribution in [2.45, 2.75) is 27.1 Å². The SMILES string of the molecule is COCc1cccc(OCc2ncc(C)c(N)c2C)c1. The highest BCUT2D eigenvalue weighted by Gasteiger charge is 2.07. The van der Waals surface area contributed by atoms with E-state index >= 15 is 0 Å². The van der Waals surface area contributed by atoms with E-state index in [9.17, 15) is 0 Å². The molecule has 2 rings (SSSR count). The molecule has 0 spiro atoms. The number of hydrogen-bond acceptors (Lipinski definition) is 4. The summed E-state index contributed by atoms with van der Waals surface area (Å²) in [7, 11) is 1.68. The zero-order chi connectivity index (χ0) is 14.5. The molecule has 1 aromatic carbocycles. The summed E-state index contributed by atoms with van der Waals surface area (Å²) < 4.78 is 10.9. The molecule has 0 radical (unpaired) electrons. The van der Waals surface area contributed by atoms with Gasteiger partial charge in [0, 0.05) is 19.0 Å². The molecule has 0 unspecified atom stereocenters. The Balaban J connectivity index is 2.09. The third-order valence-corrected chi connectivity index (χ3v) is 3.26. The van der Waals surface area contributed by atoms with Gasteiger partial charge >= 0.3 is 0 Å². The molecule has 0 aliphatic rings. The Labute approximate surface area is 119 Å². The number of hydrogen-bond donors (Lipinski definition) is 1. The predicted molar refractivity (Wildman–Crippen MR) is 79.6 cm³/mol. The molecule has 0 fully saturated rings. The lowest BCUT2D eigenvalue weighted by atomic mass is 10.1. The predicted octanol–water partition coefficient (Wildman–Crippen LogP) is 3.01. The zero-order valence-corrected chi connectivity index (χ0v) is 12.1. The number of aryl methyl sites for hydroxylation is 1. The quantitative estimate of drug-likeness (QED) is 0.909. The van der Waals surface area contributed by atoms with E-state index in [0.717, 1.165) is 33.8 Å². The fourth-order valence-corrected chi connectivity index (χ4v) is 1.98. The second-order valence-electron chi connectivity index (χ2n) is 4.80. The maximum atomic E-state index is 6.00. The monoisotopic (exact) mass is 272 g/mol. The van der Waals surface area contributed by atoms with Gasteiger partial charge in [0.05, 0.1) is 12.3 Å². The van der Waals surface area contributed by atoms with E-state index < -0.39 is 0 Å². The number of aromatic nitrogens is 1. The summed E-state index contributed by atoms with van der Waals surface area (Å²) in [4.78, 5) is 4.38. The molecule has 0 amide bonds. The van der Waals surface area contributed by atoms with Crippen LogP contribution < -0.4 is 10.5 Å². The van der Waals surface area contributed by atoms with Gasteiger partial charge in [-0.05, 0) is 42.7 Å². The van der Waals surface area contributed by atoms with Crippen molar-refractivity contribution < 1.29 is 9.47 Å². The van der Waals surface area contributed by atoms with Crippen LogP contribution in [-0.2, 0) is 18.0 Å². The Bertz CT molecular complexity index is 597. The summed E-state index contributed by atoms with van der Waals surface area (Å²) in [6.45, 7) is 4.91. The van der Waals surface area contributed by atoms with Crippen LogP contribution in [0.25, 0.3) is 0 Å². The van der Waals surface area contributed by atoms with E-state index in [4.69, 9.17) is 15.2 Å². The van der Waals surface area contributed by atoms with Crippen molar-refractivity contribution >= 4 is 5.69 Å². The van der Waals surface area contributed by atoms with Crippen molar-refractivity contribution in [1.82, 2.24) is 4.98 Å². The Morgan fingerprint density at radius 2 is 2.00 bits per heavy atom. The Morgan fingerprint density at radius 1 is 1.20 bits per heavy atom. The number of pyridine rings is 1. The number of nitrogen functional groups attached to an aromatic ring is 1. The van der Waals surface area contributed by atoms with Crippen LogP contribution in [0.3, 0.4) is 0 Å². The first-order chi connectivity index (χ1) is 9.61.